The molecule has 1 heterocycles. The minimum absolute atomic E-state index is 0.168. The van der Waals surface area contributed by atoms with Crippen LogP contribution in [0.25, 0.3) is 44.5 Å². The summed E-state index contributed by atoms with van der Waals surface area (Å²) >= 11 is 0. The molecule has 3 unspecified atom stereocenters. The first kappa shape index (κ1) is 39.3. The molecule has 332 valence electrons. The van der Waals surface area contributed by atoms with Crippen LogP contribution in [-0.4, -0.2) is 0 Å². The van der Waals surface area contributed by atoms with Crippen LogP contribution in [-0.2, 0) is 16.2 Å². The van der Waals surface area contributed by atoms with Crippen molar-refractivity contribution in [3.05, 3.63) is 316 Å². The van der Waals surface area contributed by atoms with Gasteiger partial charge in [0.05, 0.1) is 22.2 Å². The van der Waals surface area contributed by atoms with E-state index in [4.69, 9.17) is 0 Å². The lowest BCUT2D eigenvalue weighted by atomic mass is 9.61. The second kappa shape index (κ2) is 14.1. The van der Waals surface area contributed by atoms with Gasteiger partial charge in [0.2, 0.25) is 0 Å². The van der Waals surface area contributed by atoms with Crippen LogP contribution in [0.1, 0.15) is 74.0 Å². The van der Waals surface area contributed by atoms with Gasteiger partial charge in [-0.25, -0.2) is 0 Å². The van der Waals surface area contributed by atoms with Crippen LogP contribution >= 0.6 is 0 Å². The molecule has 71 heavy (non-hydrogen) atoms. The quantitative estimate of drug-likeness (QED) is 0.171. The molecule has 0 aromatic heterocycles. The maximum atomic E-state index is 2.66. The predicted octanol–water partition coefficient (Wildman–Crippen LogP) is 17.0. The number of fused-ring (bicyclic) bond motifs is 20. The fourth-order valence-electron chi connectivity index (χ4n) is 15.2. The summed E-state index contributed by atoms with van der Waals surface area (Å²) in [5.41, 5.74) is 27.5. The molecule has 0 radical (unpaired) electrons. The third kappa shape index (κ3) is 4.73. The molecule has 0 fully saturated rings. The number of rotatable bonds is 3. The summed E-state index contributed by atoms with van der Waals surface area (Å²) < 4.78 is 0. The highest BCUT2D eigenvalue weighted by Gasteiger charge is 2.57. The van der Waals surface area contributed by atoms with Crippen LogP contribution < -0.4 is 4.90 Å². The summed E-state index contributed by atoms with van der Waals surface area (Å²) in [5.74, 6) is 0.374. The molecule has 1 nitrogen and oxygen atoms in total. The van der Waals surface area contributed by atoms with Gasteiger partial charge in [0.15, 0.2) is 0 Å². The Balaban J connectivity index is 1.03. The van der Waals surface area contributed by atoms with E-state index in [1.165, 1.54) is 123 Å². The van der Waals surface area contributed by atoms with Crippen LogP contribution in [0.3, 0.4) is 0 Å². The number of benzene rings is 10. The van der Waals surface area contributed by atoms with E-state index in [9.17, 15) is 0 Å². The zero-order valence-corrected chi connectivity index (χ0v) is 39.4. The summed E-state index contributed by atoms with van der Waals surface area (Å²) in [6, 6.07) is 88.5. The van der Waals surface area contributed by atoms with E-state index >= 15 is 0 Å². The molecule has 0 amide bonds. The number of nitrogens with zero attached hydrogens (tertiary/aromatic N) is 1. The number of hydrogen-bond acceptors (Lipinski definition) is 1. The molecule has 0 N–H and O–H groups in total. The lowest BCUT2D eigenvalue weighted by Gasteiger charge is -2.44. The Morgan fingerprint density at radius 1 is 0.352 bits per heavy atom. The highest BCUT2D eigenvalue weighted by atomic mass is 15.2. The van der Waals surface area contributed by atoms with Gasteiger partial charge in [-0.15, -0.1) is 0 Å². The lowest BCUT2D eigenvalue weighted by Crippen LogP contribution is -2.36. The first-order valence-corrected chi connectivity index (χ1v) is 25.3. The van der Waals surface area contributed by atoms with Gasteiger partial charge in [-0.3, -0.25) is 0 Å². The van der Waals surface area contributed by atoms with E-state index in [0.29, 0.717) is 0 Å². The van der Waals surface area contributed by atoms with Crippen molar-refractivity contribution < 1.29 is 0 Å². The highest BCUT2D eigenvalue weighted by molar-refractivity contribution is 6.01. The number of allylic oxidation sites excluding steroid dienone is 4. The average Bonchev–Trinajstić information content (AvgIpc) is 4.00. The molecule has 6 aliphatic rings. The maximum Gasteiger partial charge on any atom is 0.0714 e. The SMILES string of the molecule is CC12c3ccccc3-c3cccc(c31)N(c1ccc3c(c1)C1(c4ccccc4-c4ccccc4-c4ccccc41)C1C=CC=CC31)c1cc3c(cc12)-c1ccccc1C3(c1ccccc1)c1ccccc1. The third-order valence-electron chi connectivity index (χ3n) is 17.8. The molecule has 10 aromatic rings. The normalized spacial score (nSPS) is 19.8. The monoisotopic (exact) mass is 901 g/mol. The minimum atomic E-state index is -0.551. The van der Waals surface area contributed by atoms with Gasteiger partial charge in [-0.1, -0.05) is 224 Å². The van der Waals surface area contributed by atoms with Gasteiger partial charge in [0.25, 0.3) is 0 Å². The highest BCUT2D eigenvalue weighted by Crippen LogP contribution is 2.68. The second-order valence-electron chi connectivity index (χ2n) is 20.7. The molecular formula is C70H47N. The Kier molecular flexibility index (Phi) is 7.79. The smallest absolute Gasteiger partial charge is 0.0714 e. The van der Waals surface area contributed by atoms with Gasteiger partial charge < -0.3 is 4.90 Å². The second-order valence-corrected chi connectivity index (χ2v) is 20.7. The summed E-state index contributed by atoms with van der Waals surface area (Å²) in [7, 11) is 0. The van der Waals surface area contributed by atoms with Crippen LogP contribution in [0.15, 0.2) is 255 Å². The van der Waals surface area contributed by atoms with Crippen molar-refractivity contribution in [2.24, 2.45) is 5.92 Å². The predicted molar refractivity (Wildman–Crippen MR) is 291 cm³/mol. The van der Waals surface area contributed by atoms with Gasteiger partial charge in [0, 0.05) is 22.9 Å². The first-order valence-electron chi connectivity index (χ1n) is 25.3. The number of anilines is 3. The summed E-state index contributed by atoms with van der Waals surface area (Å²) in [5, 5.41) is 0. The minimum Gasteiger partial charge on any atom is -0.310 e. The van der Waals surface area contributed by atoms with Crippen molar-refractivity contribution in [3.8, 4) is 44.5 Å². The molecule has 1 aliphatic heterocycles. The van der Waals surface area contributed by atoms with Gasteiger partial charge >= 0.3 is 0 Å². The van der Waals surface area contributed by atoms with Gasteiger partial charge in [-0.05, 0) is 143 Å². The van der Waals surface area contributed by atoms with E-state index in [-0.39, 0.29) is 11.8 Å². The molecule has 16 rings (SSSR count). The Morgan fingerprint density at radius 2 is 0.873 bits per heavy atom. The van der Waals surface area contributed by atoms with E-state index in [1.807, 2.05) is 0 Å². The third-order valence-corrected chi connectivity index (χ3v) is 17.8. The van der Waals surface area contributed by atoms with Crippen LogP contribution in [0, 0.1) is 5.92 Å². The molecule has 10 aromatic carbocycles. The molecule has 3 atom stereocenters. The zero-order valence-electron chi connectivity index (χ0n) is 39.4. The van der Waals surface area contributed by atoms with E-state index in [2.05, 4.69) is 267 Å². The molecule has 0 saturated heterocycles. The van der Waals surface area contributed by atoms with Crippen molar-refractivity contribution in [3.63, 3.8) is 0 Å². The van der Waals surface area contributed by atoms with Crippen molar-refractivity contribution >= 4 is 17.1 Å². The average molecular weight is 902 g/mol. The van der Waals surface area contributed by atoms with Gasteiger partial charge in [0.1, 0.15) is 0 Å². The van der Waals surface area contributed by atoms with Gasteiger partial charge in [-0.2, -0.15) is 0 Å². The van der Waals surface area contributed by atoms with Crippen molar-refractivity contribution in [2.45, 2.75) is 29.1 Å². The van der Waals surface area contributed by atoms with Crippen molar-refractivity contribution in [2.75, 3.05) is 4.90 Å². The summed E-state index contributed by atoms with van der Waals surface area (Å²) in [6.07, 6.45) is 9.57. The Morgan fingerprint density at radius 3 is 1.52 bits per heavy atom. The topological polar surface area (TPSA) is 3.24 Å². The van der Waals surface area contributed by atoms with Crippen molar-refractivity contribution in [1.82, 2.24) is 0 Å². The Bertz CT molecular complexity index is 3880. The van der Waals surface area contributed by atoms with E-state index < -0.39 is 16.2 Å². The van der Waals surface area contributed by atoms with Crippen LogP contribution in [0.2, 0.25) is 0 Å². The fraction of sp³-hybridized carbons (Fsp3) is 0.0857. The summed E-state index contributed by atoms with van der Waals surface area (Å²) in [6.45, 7) is 2.50. The fourth-order valence-corrected chi connectivity index (χ4v) is 15.2. The molecule has 0 saturated carbocycles. The largest absolute Gasteiger partial charge is 0.310 e. The molecule has 0 bridgehead atoms. The maximum absolute atomic E-state index is 2.66. The first-order chi connectivity index (χ1) is 35.1. The summed E-state index contributed by atoms with van der Waals surface area (Å²) in [4.78, 5) is 2.66. The molecule has 1 heteroatoms. The molecule has 1 spiro atoms. The molecule has 5 aliphatic carbocycles. The Hall–Kier alpha value is -8.52. The van der Waals surface area contributed by atoms with Crippen LogP contribution in [0.5, 0.6) is 0 Å². The molecular weight excluding hydrogens is 855 g/mol. The van der Waals surface area contributed by atoms with Crippen molar-refractivity contribution in [1.29, 1.82) is 0 Å². The number of hydrogen-bond donors (Lipinski definition) is 0. The zero-order chi connectivity index (χ0) is 46.6. The van der Waals surface area contributed by atoms with E-state index in [1.54, 1.807) is 0 Å². The van der Waals surface area contributed by atoms with Crippen LogP contribution in [0.4, 0.5) is 17.1 Å². The lowest BCUT2D eigenvalue weighted by molar-refractivity contribution is 0.459. The Labute approximate surface area is 415 Å². The standard InChI is InChI=1S/C70H47N/c1-68-57-33-15-10-30-52(57)55-32-20-38-65(67(55)68)71(66-43-63-56(42-64(66)68)53-31-14-16-34-58(53)69(63,44-21-4-2-5-22-44)45-23-6-3-7-24-45)46-39-40-54-51-29-13-19-37-61(51)70(62(54)41-46)59-35-17-11-27-49(59)47-25-8-9-26-48(47)50-28-12-18-36-60(50)70/h2-43,51,61H,1H3. The van der Waals surface area contributed by atoms with E-state index in [0.717, 1.165) is 0 Å².